The highest BCUT2D eigenvalue weighted by atomic mass is 19.4. The van der Waals surface area contributed by atoms with Crippen molar-refractivity contribution in [3.05, 3.63) is 53.1 Å². The first-order chi connectivity index (χ1) is 17.9. The maximum atomic E-state index is 14.0. The molecule has 0 aliphatic carbocycles. The summed E-state index contributed by atoms with van der Waals surface area (Å²) < 4.78 is 42.1. The van der Waals surface area contributed by atoms with Gasteiger partial charge in [0.25, 0.3) is 5.91 Å². The number of likely N-dealkylation sites (tertiary alicyclic amines) is 1. The largest absolute Gasteiger partial charge is 0.416 e. The second-order valence-electron chi connectivity index (χ2n) is 10.6. The lowest BCUT2D eigenvalue weighted by Crippen LogP contribution is -2.48. The Balaban J connectivity index is 1.56. The zero-order valence-corrected chi connectivity index (χ0v) is 22.0. The first kappa shape index (κ1) is 27.8. The molecule has 2 aromatic carbocycles. The maximum Gasteiger partial charge on any atom is 0.416 e. The Morgan fingerprint density at radius 3 is 2.32 bits per heavy atom. The molecule has 1 saturated heterocycles. The standard InChI is InChI=1S/C28H35F3N4O3/c1-4-32-25(36)19-5-7-21(8-6-19)35-12-9-22-23(28(29,30)31)15-20(16-24(22)35)33-26(37)34-13-10-27(38,11-14-34)17-18(2)3/h5-8,15-16,18,38H,4,9-14,17H2,1-3H3,(H,32,36)(H,33,37). The number of alkyl halides is 3. The first-order valence-electron chi connectivity index (χ1n) is 13.1. The van der Waals surface area contributed by atoms with Gasteiger partial charge in [0.1, 0.15) is 0 Å². The van der Waals surface area contributed by atoms with E-state index < -0.39 is 23.4 Å². The van der Waals surface area contributed by atoms with E-state index in [1.807, 2.05) is 20.8 Å². The van der Waals surface area contributed by atoms with Crippen molar-refractivity contribution in [2.75, 3.05) is 36.4 Å². The summed E-state index contributed by atoms with van der Waals surface area (Å²) in [5.74, 6) is 0.103. The number of carbonyl (C=O) groups is 2. The smallest absolute Gasteiger partial charge is 0.390 e. The summed E-state index contributed by atoms with van der Waals surface area (Å²) in [4.78, 5) is 28.4. The van der Waals surface area contributed by atoms with Crippen LogP contribution in [0.1, 0.15) is 61.5 Å². The van der Waals surface area contributed by atoms with Gasteiger partial charge in [0, 0.05) is 48.8 Å². The molecule has 3 amide bonds. The lowest BCUT2D eigenvalue weighted by molar-refractivity contribution is -0.138. The van der Waals surface area contributed by atoms with E-state index in [1.165, 1.54) is 4.90 Å². The minimum atomic E-state index is -4.58. The Bertz CT molecular complexity index is 1170. The number of hydrogen-bond acceptors (Lipinski definition) is 4. The van der Waals surface area contributed by atoms with Gasteiger partial charge < -0.3 is 25.5 Å². The highest BCUT2D eigenvalue weighted by Crippen LogP contribution is 2.44. The number of nitrogens with zero attached hydrogens (tertiary/aromatic N) is 2. The molecule has 10 heteroatoms. The Labute approximate surface area is 221 Å². The number of piperidine rings is 1. The van der Waals surface area contributed by atoms with Crippen LogP contribution in [0, 0.1) is 5.92 Å². The van der Waals surface area contributed by atoms with E-state index in [0.717, 1.165) is 6.07 Å². The van der Waals surface area contributed by atoms with Crippen LogP contribution in [0.4, 0.5) is 35.0 Å². The highest BCUT2D eigenvalue weighted by molar-refractivity contribution is 5.95. The van der Waals surface area contributed by atoms with Crippen LogP contribution in [0.5, 0.6) is 0 Å². The molecule has 2 aliphatic rings. The summed E-state index contributed by atoms with van der Waals surface area (Å²) in [6, 6.07) is 8.80. The summed E-state index contributed by atoms with van der Waals surface area (Å²) in [5.41, 5.74) is 0.162. The topological polar surface area (TPSA) is 84.9 Å². The number of amides is 3. The average molecular weight is 533 g/mol. The predicted molar refractivity (Wildman–Crippen MR) is 141 cm³/mol. The van der Waals surface area contributed by atoms with Crippen molar-refractivity contribution < 1.29 is 27.9 Å². The van der Waals surface area contributed by atoms with E-state index >= 15 is 0 Å². The van der Waals surface area contributed by atoms with Crippen LogP contribution in [0.25, 0.3) is 0 Å². The fourth-order valence-electron chi connectivity index (χ4n) is 5.45. The van der Waals surface area contributed by atoms with Crippen molar-refractivity contribution in [1.29, 1.82) is 0 Å². The van der Waals surface area contributed by atoms with Crippen molar-refractivity contribution >= 4 is 29.0 Å². The van der Waals surface area contributed by atoms with E-state index in [1.54, 1.807) is 35.2 Å². The molecule has 2 heterocycles. The van der Waals surface area contributed by atoms with Crippen molar-refractivity contribution in [3.63, 3.8) is 0 Å². The Kier molecular flexibility index (Phi) is 7.92. The normalized spacial score (nSPS) is 16.9. The second-order valence-corrected chi connectivity index (χ2v) is 10.6. The Morgan fingerprint density at radius 2 is 1.74 bits per heavy atom. The third-order valence-electron chi connectivity index (χ3n) is 7.21. The van der Waals surface area contributed by atoms with Crippen LogP contribution in [0.15, 0.2) is 36.4 Å². The van der Waals surface area contributed by atoms with Crippen LogP contribution < -0.4 is 15.5 Å². The average Bonchev–Trinajstić information content (AvgIpc) is 3.26. The SMILES string of the molecule is CCNC(=O)c1ccc(N2CCc3c2cc(NC(=O)N2CCC(O)(CC(C)C)CC2)cc3C(F)(F)F)cc1. The van der Waals surface area contributed by atoms with Gasteiger partial charge in [-0.15, -0.1) is 0 Å². The molecule has 0 bridgehead atoms. The number of rotatable bonds is 6. The molecule has 206 valence electrons. The molecule has 0 spiro atoms. The Morgan fingerprint density at radius 1 is 1.08 bits per heavy atom. The zero-order valence-electron chi connectivity index (χ0n) is 22.0. The van der Waals surface area contributed by atoms with Crippen LogP contribution >= 0.6 is 0 Å². The second kappa shape index (κ2) is 10.8. The predicted octanol–water partition coefficient (Wildman–Crippen LogP) is 5.55. The number of carbonyl (C=O) groups excluding carboxylic acids is 2. The highest BCUT2D eigenvalue weighted by Gasteiger charge is 2.39. The number of halogens is 3. The lowest BCUT2D eigenvalue weighted by atomic mass is 9.84. The monoisotopic (exact) mass is 532 g/mol. The van der Waals surface area contributed by atoms with Gasteiger partial charge in [-0.3, -0.25) is 4.79 Å². The maximum absolute atomic E-state index is 14.0. The fourth-order valence-corrected chi connectivity index (χ4v) is 5.45. The third kappa shape index (κ3) is 6.06. The van der Waals surface area contributed by atoms with Crippen LogP contribution in [0.2, 0.25) is 0 Å². The molecule has 0 atom stereocenters. The third-order valence-corrected chi connectivity index (χ3v) is 7.21. The molecule has 0 radical (unpaired) electrons. The Hall–Kier alpha value is -3.27. The first-order valence-corrected chi connectivity index (χ1v) is 13.1. The van der Waals surface area contributed by atoms with E-state index in [-0.39, 0.29) is 23.6 Å². The molecule has 4 rings (SSSR count). The molecule has 1 fully saturated rings. The number of benzene rings is 2. The van der Waals surface area contributed by atoms with E-state index in [9.17, 15) is 27.9 Å². The van der Waals surface area contributed by atoms with Gasteiger partial charge in [-0.25, -0.2) is 4.79 Å². The molecule has 0 saturated carbocycles. The van der Waals surface area contributed by atoms with Crippen LogP contribution in [-0.2, 0) is 12.6 Å². The van der Waals surface area contributed by atoms with Crippen LogP contribution in [0.3, 0.4) is 0 Å². The van der Waals surface area contributed by atoms with Gasteiger partial charge >= 0.3 is 12.2 Å². The van der Waals surface area contributed by atoms with Crippen molar-refractivity contribution in [1.82, 2.24) is 10.2 Å². The van der Waals surface area contributed by atoms with Crippen molar-refractivity contribution in [2.45, 2.75) is 58.2 Å². The zero-order chi connectivity index (χ0) is 27.7. The summed E-state index contributed by atoms with van der Waals surface area (Å²) >= 11 is 0. The van der Waals surface area contributed by atoms with Gasteiger partial charge in [0.15, 0.2) is 0 Å². The fraction of sp³-hybridized carbons (Fsp3) is 0.500. The molecule has 3 N–H and O–H groups in total. The molecule has 2 aliphatic heterocycles. The van der Waals surface area contributed by atoms with Gasteiger partial charge in [0.2, 0.25) is 0 Å². The number of aliphatic hydroxyl groups is 1. The molecule has 0 aromatic heterocycles. The lowest BCUT2D eigenvalue weighted by Gasteiger charge is -2.39. The van der Waals surface area contributed by atoms with Crippen molar-refractivity contribution in [3.8, 4) is 0 Å². The quantitative estimate of drug-likeness (QED) is 0.455. The number of anilines is 3. The summed E-state index contributed by atoms with van der Waals surface area (Å²) in [6.45, 7) is 7.38. The minimum Gasteiger partial charge on any atom is -0.390 e. The summed E-state index contributed by atoms with van der Waals surface area (Å²) in [6.07, 6.45) is -2.88. The molecule has 38 heavy (non-hydrogen) atoms. The molecular weight excluding hydrogens is 497 g/mol. The summed E-state index contributed by atoms with van der Waals surface area (Å²) in [5, 5.41) is 16.1. The van der Waals surface area contributed by atoms with Gasteiger partial charge in [-0.2, -0.15) is 13.2 Å². The van der Waals surface area contributed by atoms with Gasteiger partial charge in [-0.05, 0) is 80.5 Å². The number of nitrogens with one attached hydrogen (secondary N) is 2. The van der Waals surface area contributed by atoms with E-state index in [2.05, 4.69) is 10.6 Å². The van der Waals surface area contributed by atoms with Gasteiger partial charge in [0.05, 0.1) is 11.2 Å². The summed E-state index contributed by atoms with van der Waals surface area (Å²) in [7, 11) is 0. The molecule has 0 unspecified atom stereocenters. The van der Waals surface area contributed by atoms with Crippen LogP contribution in [-0.4, -0.2) is 53.7 Å². The number of fused-ring (bicyclic) bond motifs is 1. The number of hydrogen-bond donors (Lipinski definition) is 3. The molecule has 2 aromatic rings. The van der Waals surface area contributed by atoms with Gasteiger partial charge in [-0.1, -0.05) is 13.8 Å². The van der Waals surface area contributed by atoms with E-state index in [0.29, 0.717) is 68.3 Å². The van der Waals surface area contributed by atoms with E-state index in [4.69, 9.17) is 0 Å². The van der Waals surface area contributed by atoms with Crippen molar-refractivity contribution in [2.24, 2.45) is 5.92 Å². The minimum absolute atomic E-state index is 0.0648. The molecular formula is C28H35F3N4O3. The number of urea groups is 1. The molecule has 7 nitrogen and oxygen atoms in total.